The summed E-state index contributed by atoms with van der Waals surface area (Å²) in [6, 6.07) is 11.6. The lowest BCUT2D eigenvalue weighted by Gasteiger charge is -2.28. The Morgan fingerprint density at radius 3 is 2.32 bits per heavy atom. The smallest absolute Gasteiger partial charge is 0.335 e. The third-order valence-corrected chi connectivity index (χ3v) is 11.2. The van der Waals surface area contributed by atoms with Crippen molar-refractivity contribution in [3.8, 4) is 0 Å². The van der Waals surface area contributed by atoms with E-state index in [0.29, 0.717) is 75.5 Å². The van der Waals surface area contributed by atoms with Gasteiger partial charge in [-0.3, -0.25) is 28.8 Å². The lowest BCUT2D eigenvalue weighted by molar-refractivity contribution is -0.198. The summed E-state index contributed by atoms with van der Waals surface area (Å²) in [5, 5.41) is 11.5. The molecule has 0 bridgehead atoms. The van der Waals surface area contributed by atoms with E-state index in [0.717, 1.165) is 34.3 Å². The maximum Gasteiger partial charge on any atom is 0.335 e. The molecule has 6 amide bonds. The first-order chi connectivity index (χ1) is 28.5. The van der Waals surface area contributed by atoms with E-state index in [2.05, 4.69) is 16.0 Å². The van der Waals surface area contributed by atoms with E-state index in [9.17, 15) is 33.6 Å². The van der Waals surface area contributed by atoms with Crippen LogP contribution in [0.2, 0.25) is 0 Å². The van der Waals surface area contributed by atoms with E-state index in [1.807, 2.05) is 60.2 Å². The number of carbonyl (C=O) groups is 7. The number of hydroxylamine groups is 2. The number of benzene rings is 1. The summed E-state index contributed by atoms with van der Waals surface area (Å²) in [5.74, 6) is -2.26. The molecule has 3 aromatic rings. The molecule has 17 heteroatoms. The van der Waals surface area contributed by atoms with Gasteiger partial charge in [-0.2, -0.15) is 0 Å². The Labute approximate surface area is 348 Å². The van der Waals surface area contributed by atoms with Crippen LogP contribution in [0, 0.1) is 12.8 Å². The second-order valence-corrected chi connectivity index (χ2v) is 15.7. The Morgan fingerprint density at radius 2 is 1.59 bits per heavy atom. The van der Waals surface area contributed by atoms with Crippen LogP contribution in [0.3, 0.4) is 0 Å². The van der Waals surface area contributed by atoms with Crippen LogP contribution < -0.4 is 20.9 Å². The molecule has 0 atom stereocenters. The number of hydrogen-bond acceptors (Lipinski definition) is 11. The number of hydrogen-bond donors (Lipinski definition) is 3. The van der Waals surface area contributed by atoms with Gasteiger partial charge in [-0.1, -0.05) is 18.6 Å². The fraction of sp³-hybridized carbons (Fsp3) is 0.548. The van der Waals surface area contributed by atoms with Gasteiger partial charge in [-0.15, -0.1) is 16.4 Å². The third kappa shape index (κ3) is 13.4. The van der Waals surface area contributed by atoms with Crippen LogP contribution in [-0.2, 0) is 49.6 Å². The number of likely N-dealkylation sites (N-methyl/N-ethyl adjacent to an activating group) is 1. The number of nitrogens with zero attached hydrogens (tertiary/aromatic N) is 3. The highest BCUT2D eigenvalue weighted by atomic mass is 32.1. The molecule has 1 aliphatic carbocycles. The lowest BCUT2D eigenvalue weighted by atomic mass is 9.85. The number of imide groups is 1. The number of ether oxygens (including phenoxy) is 2. The predicted octanol–water partition coefficient (Wildman–Crippen LogP) is 4.18. The molecule has 1 aromatic carbocycles. The van der Waals surface area contributed by atoms with Crippen molar-refractivity contribution in [3.63, 3.8) is 0 Å². The lowest BCUT2D eigenvalue weighted by Crippen LogP contribution is -2.42. The summed E-state index contributed by atoms with van der Waals surface area (Å²) in [6.45, 7) is 6.24. The van der Waals surface area contributed by atoms with Crippen LogP contribution >= 0.6 is 11.3 Å². The summed E-state index contributed by atoms with van der Waals surface area (Å²) >= 11 is 1.53. The molecule has 320 valence electrons. The average molecular weight is 837 g/mol. The average Bonchev–Trinajstić information content (AvgIpc) is 3.91. The van der Waals surface area contributed by atoms with Gasteiger partial charge in [0.1, 0.15) is 12.2 Å². The Balaban J connectivity index is 0.888. The van der Waals surface area contributed by atoms with Gasteiger partial charge < -0.3 is 39.7 Å². The van der Waals surface area contributed by atoms with Gasteiger partial charge in [0.25, 0.3) is 17.7 Å². The van der Waals surface area contributed by atoms with Gasteiger partial charge in [-0.05, 0) is 87.6 Å². The number of thiophene rings is 1. The van der Waals surface area contributed by atoms with Gasteiger partial charge >= 0.3 is 5.97 Å². The molecule has 16 nitrogen and oxygen atoms in total. The number of carbonyl (C=O) groups excluding carboxylic acids is 7. The molecule has 1 saturated carbocycles. The first-order valence-corrected chi connectivity index (χ1v) is 21.4. The monoisotopic (exact) mass is 836 g/mol. The number of aryl methyl sites for hydroxylation is 1. The van der Waals surface area contributed by atoms with E-state index >= 15 is 0 Å². The van der Waals surface area contributed by atoms with Gasteiger partial charge in [0.15, 0.2) is 0 Å². The molecule has 5 rings (SSSR count). The maximum atomic E-state index is 13.6. The third-order valence-electron chi connectivity index (χ3n) is 10.4. The molecular weight excluding hydrogens is 781 g/mol. The Kier molecular flexibility index (Phi) is 17.4. The minimum Gasteiger partial charge on any atom is -0.378 e. The summed E-state index contributed by atoms with van der Waals surface area (Å²) in [4.78, 5) is 93.4. The highest BCUT2D eigenvalue weighted by Gasteiger charge is 2.33. The predicted molar refractivity (Wildman–Crippen MR) is 220 cm³/mol. The second-order valence-electron chi connectivity index (χ2n) is 14.8. The molecule has 0 radical (unpaired) electrons. The van der Waals surface area contributed by atoms with E-state index in [1.54, 1.807) is 4.90 Å². The summed E-state index contributed by atoms with van der Waals surface area (Å²) in [5.41, 5.74) is 3.21. The van der Waals surface area contributed by atoms with Crippen LogP contribution in [0.4, 0.5) is 5.69 Å². The standard InChI is InChI=1S/C42H56N6O10S/c1-3-46(32-9-7-8-29(2)26-32)39(52)28-47-33-18-25-59-35(33)27-34(47)42(55)45-31-13-11-30(12-14-31)41(54)44-19-6-4-5-10-36(49)43-20-22-57-24-23-56-21-17-40(53)58-48-37(50)15-16-38(48)51/h7-9,18,25-27,30-31H,3-6,10-17,19-24,28H2,1-2H3,(H,43,49)(H,44,54)(H,45,55). The molecule has 2 aliphatic rings. The van der Waals surface area contributed by atoms with Crippen LogP contribution in [0.15, 0.2) is 41.8 Å². The molecule has 1 aliphatic heterocycles. The van der Waals surface area contributed by atoms with Crippen molar-refractivity contribution in [1.82, 2.24) is 25.6 Å². The minimum atomic E-state index is -0.727. The number of rotatable bonds is 23. The molecular formula is C42H56N6O10S. The zero-order valence-electron chi connectivity index (χ0n) is 34.0. The number of fused-ring (bicyclic) bond motifs is 1. The fourth-order valence-corrected chi connectivity index (χ4v) is 8.01. The maximum absolute atomic E-state index is 13.6. The number of amides is 6. The highest BCUT2D eigenvalue weighted by molar-refractivity contribution is 7.17. The molecule has 2 aromatic heterocycles. The summed E-state index contributed by atoms with van der Waals surface area (Å²) in [7, 11) is 0. The van der Waals surface area contributed by atoms with E-state index in [4.69, 9.17) is 14.3 Å². The quantitative estimate of drug-likeness (QED) is 0.0922. The van der Waals surface area contributed by atoms with Gasteiger partial charge in [0, 0.05) is 56.5 Å². The van der Waals surface area contributed by atoms with E-state index in [1.165, 1.54) is 11.3 Å². The zero-order valence-corrected chi connectivity index (χ0v) is 34.8. The van der Waals surface area contributed by atoms with Gasteiger partial charge in [-0.25, -0.2) is 4.79 Å². The molecule has 0 spiro atoms. The van der Waals surface area contributed by atoms with Crippen LogP contribution in [-0.4, -0.2) is 103 Å². The summed E-state index contributed by atoms with van der Waals surface area (Å²) in [6.07, 6.45) is 5.33. The molecule has 0 unspecified atom stereocenters. The Bertz CT molecular complexity index is 1920. The molecule has 3 N–H and O–H groups in total. The Hall–Kier alpha value is -5.13. The number of anilines is 1. The molecule has 59 heavy (non-hydrogen) atoms. The van der Waals surface area contributed by atoms with Gasteiger partial charge in [0.2, 0.25) is 17.7 Å². The number of nitrogens with one attached hydrogen (secondary N) is 3. The number of unbranched alkanes of at least 4 members (excludes halogenated alkanes) is 2. The topological polar surface area (TPSA) is 195 Å². The van der Waals surface area contributed by atoms with E-state index < -0.39 is 17.8 Å². The van der Waals surface area contributed by atoms with Crippen molar-refractivity contribution in [3.05, 3.63) is 53.0 Å². The van der Waals surface area contributed by atoms with Crippen molar-refractivity contribution >= 4 is 68.7 Å². The largest absolute Gasteiger partial charge is 0.378 e. The minimum absolute atomic E-state index is 0.0232. The van der Waals surface area contributed by atoms with E-state index in [-0.39, 0.29) is 81.2 Å². The highest BCUT2D eigenvalue weighted by Crippen LogP contribution is 2.28. The molecule has 2 fully saturated rings. The van der Waals surface area contributed by atoms with Crippen molar-refractivity contribution in [2.24, 2.45) is 5.92 Å². The van der Waals surface area contributed by atoms with Crippen LogP contribution in [0.1, 0.15) is 93.6 Å². The summed E-state index contributed by atoms with van der Waals surface area (Å²) < 4.78 is 13.5. The van der Waals surface area contributed by atoms with Crippen molar-refractivity contribution < 1.29 is 47.9 Å². The number of aromatic nitrogens is 1. The van der Waals surface area contributed by atoms with Crippen molar-refractivity contribution in [2.45, 2.75) is 97.1 Å². The van der Waals surface area contributed by atoms with Crippen molar-refractivity contribution in [1.29, 1.82) is 0 Å². The first kappa shape index (κ1) is 45.0. The second kappa shape index (κ2) is 22.9. The van der Waals surface area contributed by atoms with Crippen LogP contribution in [0.5, 0.6) is 0 Å². The fourth-order valence-electron chi connectivity index (χ4n) is 7.19. The van der Waals surface area contributed by atoms with Crippen molar-refractivity contribution in [2.75, 3.05) is 51.0 Å². The van der Waals surface area contributed by atoms with Crippen LogP contribution in [0.25, 0.3) is 10.2 Å². The zero-order chi connectivity index (χ0) is 42.1. The normalized spacial score (nSPS) is 16.6. The Morgan fingerprint density at radius 1 is 0.847 bits per heavy atom. The van der Waals surface area contributed by atoms with Gasteiger partial charge in [0.05, 0.1) is 43.1 Å². The SMILES string of the molecule is CCN(C(=O)Cn1c(C(=O)NC2CCC(C(=O)NCCCCCC(=O)NCCOCCOCCC(=O)ON3C(=O)CCC3=O)CC2)cc2sccc21)c1cccc(C)c1. The molecule has 1 saturated heterocycles. The first-order valence-electron chi connectivity index (χ1n) is 20.5. The molecule has 3 heterocycles.